The number of carbonyl (C=O) groups is 2. The zero-order chi connectivity index (χ0) is 22.8. The minimum atomic E-state index is -0.355. The Morgan fingerprint density at radius 3 is 2.47 bits per heavy atom. The zero-order valence-electron chi connectivity index (χ0n) is 17.6. The summed E-state index contributed by atoms with van der Waals surface area (Å²) in [7, 11) is 0. The molecular weight excluding hydrogens is 449 g/mol. The van der Waals surface area contributed by atoms with Crippen molar-refractivity contribution in [2.24, 2.45) is 5.10 Å². The number of furan rings is 1. The van der Waals surface area contributed by atoms with Crippen LogP contribution in [0.4, 0.5) is 5.69 Å². The van der Waals surface area contributed by atoms with Gasteiger partial charge >= 0.3 is 0 Å². The van der Waals surface area contributed by atoms with E-state index >= 15 is 0 Å². The van der Waals surface area contributed by atoms with Crippen LogP contribution < -0.4 is 10.7 Å². The van der Waals surface area contributed by atoms with Crippen molar-refractivity contribution in [2.45, 2.75) is 33.1 Å². The minimum Gasteiger partial charge on any atom is -0.455 e. The van der Waals surface area contributed by atoms with Crippen LogP contribution in [0.2, 0.25) is 10.0 Å². The molecule has 0 unspecified atom stereocenters. The fourth-order valence-corrected chi connectivity index (χ4v) is 4.00. The van der Waals surface area contributed by atoms with Crippen LogP contribution in [-0.2, 0) is 6.42 Å². The number of hydrogen-bond acceptors (Lipinski definition) is 4. The average molecular weight is 470 g/mol. The summed E-state index contributed by atoms with van der Waals surface area (Å²) in [6.07, 6.45) is 2.18. The van der Waals surface area contributed by atoms with Crippen LogP contribution in [0.5, 0.6) is 0 Å². The Morgan fingerprint density at radius 2 is 1.72 bits per heavy atom. The van der Waals surface area contributed by atoms with Crippen LogP contribution in [-0.4, -0.2) is 17.5 Å². The van der Waals surface area contributed by atoms with Gasteiger partial charge in [-0.1, -0.05) is 29.3 Å². The molecule has 0 radical (unpaired) electrons. The number of benzene rings is 2. The van der Waals surface area contributed by atoms with Crippen molar-refractivity contribution in [2.75, 3.05) is 5.32 Å². The standard InChI is InChI=1S/C24H21Cl2N3O3/c1-13-17(26)5-3-6-18(13)27-24(31)22-14(2)21-19(7-4-8-20(21)32-22)28-29-23(30)15-9-11-16(25)12-10-15/h3,5-6,9-12H,4,7-8H2,1-2H3,(H,27,31)(H,29,30)/b28-19+. The SMILES string of the molecule is Cc1c(Cl)cccc1NC(=O)c1oc2c(c1C)/C(=N/NC(=O)c1ccc(Cl)cc1)CCC2. The van der Waals surface area contributed by atoms with E-state index in [1.165, 1.54) is 0 Å². The van der Waals surface area contributed by atoms with E-state index < -0.39 is 0 Å². The van der Waals surface area contributed by atoms with Gasteiger partial charge in [-0.05, 0) is 68.7 Å². The lowest BCUT2D eigenvalue weighted by molar-refractivity contribution is 0.0953. The lowest BCUT2D eigenvalue weighted by Gasteiger charge is -2.13. The number of halogens is 2. The van der Waals surface area contributed by atoms with E-state index in [1.54, 1.807) is 42.5 Å². The highest BCUT2D eigenvalue weighted by molar-refractivity contribution is 6.32. The fraction of sp³-hybridized carbons (Fsp3) is 0.208. The van der Waals surface area contributed by atoms with E-state index in [4.69, 9.17) is 27.6 Å². The highest BCUT2D eigenvalue weighted by atomic mass is 35.5. The molecule has 164 valence electrons. The summed E-state index contributed by atoms with van der Waals surface area (Å²) < 4.78 is 5.92. The number of nitrogens with one attached hydrogen (secondary N) is 2. The molecule has 1 heterocycles. The Labute approximate surface area is 195 Å². The van der Waals surface area contributed by atoms with Crippen LogP contribution in [0, 0.1) is 13.8 Å². The van der Waals surface area contributed by atoms with Gasteiger partial charge in [0, 0.05) is 38.8 Å². The minimum absolute atomic E-state index is 0.230. The molecule has 0 aliphatic heterocycles. The number of fused-ring (bicyclic) bond motifs is 1. The maximum Gasteiger partial charge on any atom is 0.291 e. The van der Waals surface area contributed by atoms with Crippen molar-refractivity contribution in [1.82, 2.24) is 5.43 Å². The maximum absolute atomic E-state index is 12.9. The fourth-order valence-electron chi connectivity index (χ4n) is 3.70. The van der Waals surface area contributed by atoms with Gasteiger partial charge in [-0.15, -0.1) is 0 Å². The van der Waals surface area contributed by atoms with E-state index in [0.717, 1.165) is 17.5 Å². The van der Waals surface area contributed by atoms with Crippen molar-refractivity contribution in [3.63, 3.8) is 0 Å². The van der Waals surface area contributed by atoms with Crippen molar-refractivity contribution in [1.29, 1.82) is 0 Å². The molecule has 0 fully saturated rings. The first-order chi connectivity index (χ1) is 15.3. The van der Waals surface area contributed by atoms with Gasteiger partial charge in [0.05, 0.1) is 5.71 Å². The number of rotatable bonds is 4. The first-order valence-corrected chi connectivity index (χ1v) is 10.9. The van der Waals surface area contributed by atoms with Crippen LogP contribution >= 0.6 is 23.2 Å². The summed E-state index contributed by atoms with van der Waals surface area (Å²) in [5.41, 5.74) is 6.62. The lowest BCUT2D eigenvalue weighted by atomic mass is 9.93. The molecule has 0 spiro atoms. The van der Waals surface area contributed by atoms with Gasteiger partial charge in [0.1, 0.15) is 5.76 Å². The van der Waals surface area contributed by atoms with Gasteiger partial charge in [0.2, 0.25) is 0 Å². The van der Waals surface area contributed by atoms with Gasteiger partial charge in [-0.25, -0.2) is 5.43 Å². The Hall–Kier alpha value is -3.09. The van der Waals surface area contributed by atoms with Crippen molar-refractivity contribution in [3.8, 4) is 0 Å². The molecular formula is C24H21Cl2N3O3. The molecule has 32 heavy (non-hydrogen) atoms. The number of nitrogens with zero attached hydrogens (tertiary/aromatic N) is 1. The highest BCUT2D eigenvalue weighted by Crippen LogP contribution is 2.31. The smallest absolute Gasteiger partial charge is 0.291 e. The van der Waals surface area contributed by atoms with Gasteiger partial charge in [0.15, 0.2) is 5.76 Å². The second kappa shape index (κ2) is 9.18. The highest BCUT2D eigenvalue weighted by Gasteiger charge is 2.28. The summed E-state index contributed by atoms with van der Waals surface area (Å²) in [5.74, 6) is 0.234. The normalized spacial score (nSPS) is 14.2. The molecule has 0 bridgehead atoms. The average Bonchev–Trinajstić information content (AvgIpc) is 3.13. The Morgan fingerprint density at radius 1 is 0.969 bits per heavy atom. The van der Waals surface area contributed by atoms with E-state index in [1.807, 2.05) is 13.8 Å². The molecule has 2 amide bonds. The zero-order valence-corrected chi connectivity index (χ0v) is 19.1. The quantitative estimate of drug-likeness (QED) is 0.464. The molecule has 0 saturated heterocycles. The topological polar surface area (TPSA) is 83.7 Å². The summed E-state index contributed by atoms with van der Waals surface area (Å²) in [4.78, 5) is 25.3. The lowest BCUT2D eigenvalue weighted by Crippen LogP contribution is -2.22. The molecule has 2 N–H and O–H groups in total. The molecule has 0 atom stereocenters. The van der Waals surface area contributed by atoms with Crippen LogP contribution in [0.3, 0.4) is 0 Å². The number of anilines is 1. The molecule has 3 aromatic rings. The third kappa shape index (κ3) is 4.42. The number of carbonyl (C=O) groups excluding carboxylic acids is 2. The third-order valence-electron chi connectivity index (χ3n) is 5.45. The van der Waals surface area contributed by atoms with Gasteiger partial charge in [-0.2, -0.15) is 5.10 Å². The third-order valence-corrected chi connectivity index (χ3v) is 6.11. The number of hydrogen-bond donors (Lipinski definition) is 2. The van der Waals surface area contributed by atoms with Crippen molar-refractivity contribution < 1.29 is 14.0 Å². The summed E-state index contributed by atoms with van der Waals surface area (Å²) in [6.45, 7) is 3.66. The molecule has 6 nitrogen and oxygen atoms in total. The first kappa shape index (κ1) is 22.1. The molecule has 0 saturated carbocycles. The largest absolute Gasteiger partial charge is 0.455 e. The Bertz CT molecular complexity index is 1230. The monoisotopic (exact) mass is 469 g/mol. The summed E-state index contributed by atoms with van der Waals surface area (Å²) >= 11 is 12.0. The van der Waals surface area contributed by atoms with E-state index in [2.05, 4.69) is 15.8 Å². The molecule has 2 aromatic carbocycles. The Balaban J connectivity index is 1.57. The van der Waals surface area contributed by atoms with Crippen molar-refractivity contribution in [3.05, 3.63) is 86.3 Å². The predicted octanol–water partition coefficient (Wildman–Crippen LogP) is 5.93. The van der Waals surface area contributed by atoms with Crippen LogP contribution in [0.1, 0.15) is 56.2 Å². The maximum atomic E-state index is 12.9. The van der Waals surface area contributed by atoms with E-state index in [0.29, 0.717) is 51.2 Å². The van der Waals surface area contributed by atoms with Gasteiger partial charge in [-0.3, -0.25) is 9.59 Å². The molecule has 1 aliphatic rings. The van der Waals surface area contributed by atoms with Crippen LogP contribution in [0.25, 0.3) is 0 Å². The second-order valence-electron chi connectivity index (χ2n) is 7.58. The molecule has 4 rings (SSSR count). The molecule has 8 heteroatoms. The van der Waals surface area contributed by atoms with Crippen molar-refractivity contribution >= 4 is 46.4 Å². The van der Waals surface area contributed by atoms with E-state index in [9.17, 15) is 9.59 Å². The summed E-state index contributed by atoms with van der Waals surface area (Å²) in [5, 5.41) is 8.34. The van der Waals surface area contributed by atoms with Crippen LogP contribution in [0.15, 0.2) is 52.0 Å². The predicted molar refractivity (Wildman–Crippen MR) is 126 cm³/mol. The van der Waals surface area contributed by atoms with Gasteiger partial charge in [0.25, 0.3) is 11.8 Å². The number of hydrazone groups is 1. The number of amides is 2. The van der Waals surface area contributed by atoms with E-state index in [-0.39, 0.29) is 17.6 Å². The molecule has 1 aromatic heterocycles. The Kier molecular flexibility index (Phi) is 6.35. The summed E-state index contributed by atoms with van der Waals surface area (Å²) in [6, 6.07) is 11.9. The van der Waals surface area contributed by atoms with Gasteiger partial charge < -0.3 is 9.73 Å². The first-order valence-electron chi connectivity index (χ1n) is 10.2. The second-order valence-corrected chi connectivity index (χ2v) is 8.42. The molecule has 1 aliphatic carbocycles. The number of aryl methyl sites for hydroxylation is 1.